The maximum atomic E-state index is 13.5. The van der Waals surface area contributed by atoms with Crippen molar-refractivity contribution in [3.63, 3.8) is 0 Å². The second kappa shape index (κ2) is 9.39. The third-order valence-corrected chi connectivity index (χ3v) is 5.73. The minimum atomic E-state index is -0.890. The number of carbonyl (C=O) groups excluding carboxylic acids is 3. The molecule has 31 heavy (non-hydrogen) atoms. The number of methoxy groups -OCH3 is 2. The molecular formula is C23H25ClN2O5. The summed E-state index contributed by atoms with van der Waals surface area (Å²) in [5.74, 6) is -0.226. The van der Waals surface area contributed by atoms with Crippen molar-refractivity contribution in [2.24, 2.45) is 0 Å². The van der Waals surface area contributed by atoms with Crippen LogP contribution >= 0.6 is 11.6 Å². The van der Waals surface area contributed by atoms with Crippen molar-refractivity contribution < 1.29 is 23.9 Å². The van der Waals surface area contributed by atoms with Gasteiger partial charge in [-0.1, -0.05) is 18.5 Å². The quantitative estimate of drug-likeness (QED) is 0.605. The van der Waals surface area contributed by atoms with E-state index in [9.17, 15) is 14.4 Å². The highest BCUT2D eigenvalue weighted by Gasteiger charge is 2.45. The van der Waals surface area contributed by atoms with Gasteiger partial charge in [0.05, 0.1) is 26.3 Å². The molecule has 3 rings (SSSR count). The van der Waals surface area contributed by atoms with Crippen molar-refractivity contribution in [1.82, 2.24) is 4.90 Å². The molecule has 2 aromatic carbocycles. The molecule has 2 atom stereocenters. The van der Waals surface area contributed by atoms with Gasteiger partial charge in [0, 0.05) is 16.6 Å². The summed E-state index contributed by atoms with van der Waals surface area (Å²) in [6.45, 7) is 3.79. The Morgan fingerprint density at radius 1 is 1.13 bits per heavy atom. The number of nitrogens with zero attached hydrogens (tertiary/aromatic N) is 2. The largest absolute Gasteiger partial charge is 0.493 e. The predicted molar refractivity (Wildman–Crippen MR) is 118 cm³/mol. The summed E-state index contributed by atoms with van der Waals surface area (Å²) in [7, 11) is 3.00. The van der Waals surface area contributed by atoms with Gasteiger partial charge in [-0.25, -0.2) is 4.90 Å². The summed E-state index contributed by atoms with van der Waals surface area (Å²) in [6, 6.07) is 10.2. The molecule has 0 aliphatic carbocycles. The number of rotatable bonds is 7. The summed E-state index contributed by atoms with van der Waals surface area (Å²) in [5.41, 5.74) is 0.785. The van der Waals surface area contributed by atoms with Crippen molar-refractivity contribution >= 4 is 35.0 Å². The van der Waals surface area contributed by atoms with E-state index in [4.69, 9.17) is 21.1 Å². The molecule has 0 aromatic heterocycles. The molecular weight excluding hydrogens is 420 g/mol. The second-order valence-corrected chi connectivity index (χ2v) is 7.74. The third-order valence-electron chi connectivity index (χ3n) is 5.47. The number of ether oxygens (including phenoxy) is 2. The molecule has 1 heterocycles. The highest BCUT2D eigenvalue weighted by atomic mass is 35.5. The fraction of sp³-hybridized carbons (Fsp3) is 0.348. The molecule has 8 heteroatoms. The molecule has 1 saturated heterocycles. The van der Waals surface area contributed by atoms with E-state index in [-0.39, 0.29) is 24.3 Å². The highest BCUT2D eigenvalue weighted by Crippen LogP contribution is 2.32. The van der Waals surface area contributed by atoms with E-state index in [2.05, 4.69) is 0 Å². The van der Waals surface area contributed by atoms with E-state index >= 15 is 0 Å². The Hall–Kier alpha value is -3.06. The monoisotopic (exact) mass is 444 g/mol. The average molecular weight is 445 g/mol. The first-order valence-electron chi connectivity index (χ1n) is 9.99. The van der Waals surface area contributed by atoms with Gasteiger partial charge in [-0.3, -0.25) is 14.4 Å². The Labute approximate surface area is 186 Å². The molecule has 1 aliphatic rings. The Balaban J connectivity index is 1.96. The van der Waals surface area contributed by atoms with Gasteiger partial charge in [-0.05, 0) is 55.8 Å². The number of anilines is 1. The Kier molecular flexibility index (Phi) is 6.85. The van der Waals surface area contributed by atoms with Crippen molar-refractivity contribution in [3.8, 4) is 11.5 Å². The first kappa shape index (κ1) is 22.6. The molecule has 0 N–H and O–H groups in total. The van der Waals surface area contributed by atoms with Crippen LogP contribution in [0, 0.1) is 0 Å². The number of imide groups is 1. The van der Waals surface area contributed by atoms with Gasteiger partial charge in [-0.15, -0.1) is 0 Å². The minimum absolute atomic E-state index is 0.0785. The van der Waals surface area contributed by atoms with Crippen molar-refractivity contribution in [2.75, 3.05) is 19.1 Å². The summed E-state index contributed by atoms with van der Waals surface area (Å²) in [5, 5.41) is 0.504. The van der Waals surface area contributed by atoms with Crippen LogP contribution in [0.3, 0.4) is 0 Å². The maximum absolute atomic E-state index is 13.5. The fourth-order valence-corrected chi connectivity index (χ4v) is 3.78. The molecule has 3 amide bonds. The Bertz CT molecular complexity index is 992. The average Bonchev–Trinajstić information content (AvgIpc) is 3.07. The van der Waals surface area contributed by atoms with E-state index in [0.717, 1.165) is 4.90 Å². The second-order valence-electron chi connectivity index (χ2n) is 7.30. The van der Waals surface area contributed by atoms with Crippen LogP contribution in [-0.2, 0) is 9.59 Å². The van der Waals surface area contributed by atoms with E-state index in [1.807, 2.05) is 13.8 Å². The lowest BCUT2D eigenvalue weighted by Gasteiger charge is -2.33. The van der Waals surface area contributed by atoms with E-state index in [1.165, 1.54) is 19.1 Å². The van der Waals surface area contributed by atoms with Gasteiger partial charge in [0.2, 0.25) is 5.91 Å². The van der Waals surface area contributed by atoms with Crippen LogP contribution in [0.5, 0.6) is 11.5 Å². The van der Waals surface area contributed by atoms with Crippen LogP contribution < -0.4 is 14.4 Å². The lowest BCUT2D eigenvalue weighted by molar-refractivity contribution is -0.122. The molecule has 2 unspecified atom stereocenters. The van der Waals surface area contributed by atoms with Crippen LogP contribution in [0.4, 0.5) is 5.69 Å². The van der Waals surface area contributed by atoms with Crippen molar-refractivity contribution in [2.45, 2.75) is 38.8 Å². The summed E-state index contributed by atoms with van der Waals surface area (Å²) in [6.07, 6.45) is 0.544. The zero-order valence-electron chi connectivity index (χ0n) is 17.9. The van der Waals surface area contributed by atoms with E-state index in [0.29, 0.717) is 34.2 Å². The van der Waals surface area contributed by atoms with Crippen molar-refractivity contribution in [1.29, 1.82) is 0 Å². The lowest BCUT2D eigenvalue weighted by Crippen LogP contribution is -2.49. The van der Waals surface area contributed by atoms with Gasteiger partial charge in [-0.2, -0.15) is 0 Å². The summed E-state index contributed by atoms with van der Waals surface area (Å²) in [4.78, 5) is 42.1. The molecule has 0 bridgehead atoms. The highest BCUT2D eigenvalue weighted by molar-refractivity contribution is 6.31. The number of hydrogen-bond acceptors (Lipinski definition) is 5. The third kappa shape index (κ3) is 4.37. The van der Waals surface area contributed by atoms with Crippen LogP contribution in [0.15, 0.2) is 42.5 Å². The molecule has 0 radical (unpaired) electrons. The smallest absolute Gasteiger partial charge is 0.257 e. The SMILES string of the molecule is CCC(C)N(C(=O)c1ccc(OC)c(OC)c1)C1CC(=O)N(c2ccc(Cl)cc2)C1=O. The molecule has 7 nitrogen and oxygen atoms in total. The summed E-state index contributed by atoms with van der Waals surface area (Å²) >= 11 is 5.93. The van der Waals surface area contributed by atoms with Gasteiger partial charge in [0.15, 0.2) is 11.5 Å². The van der Waals surface area contributed by atoms with Gasteiger partial charge >= 0.3 is 0 Å². The first-order valence-corrected chi connectivity index (χ1v) is 10.4. The van der Waals surface area contributed by atoms with Crippen molar-refractivity contribution in [3.05, 3.63) is 53.1 Å². The Morgan fingerprint density at radius 2 is 1.77 bits per heavy atom. The lowest BCUT2D eigenvalue weighted by atomic mass is 10.1. The van der Waals surface area contributed by atoms with Gasteiger partial charge < -0.3 is 14.4 Å². The zero-order chi connectivity index (χ0) is 22.7. The minimum Gasteiger partial charge on any atom is -0.493 e. The van der Waals surface area contributed by atoms with Crippen LogP contribution in [0.2, 0.25) is 5.02 Å². The van der Waals surface area contributed by atoms with Gasteiger partial charge in [0.25, 0.3) is 11.8 Å². The molecule has 1 fully saturated rings. The summed E-state index contributed by atoms with van der Waals surface area (Å²) < 4.78 is 10.5. The van der Waals surface area contributed by atoms with E-state index < -0.39 is 11.9 Å². The molecule has 0 spiro atoms. The molecule has 1 aliphatic heterocycles. The fourth-order valence-electron chi connectivity index (χ4n) is 3.66. The number of hydrogen-bond donors (Lipinski definition) is 0. The van der Waals surface area contributed by atoms with Crippen LogP contribution in [0.25, 0.3) is 0 Å². The Morgan fingerprint density at radius 3 is 2.35 bits per heavy atom. The van der Waals surface area contributed by atoms with Crippen LogP contribution in [0.1, 0.15) is 37.0 Å². The zero-order valence-corrected chi connectivity index (χ0v) is 18.7. The number of amides is 3. The number of carbonyl (C=O) groups is 3. The molecule has 2 aromatic rings. The normalized spacial score (nSPS) is 16.9. The predicted octanol–water partition coefficient (Wildman–Crippen LogP) is 3.93. The standard InChI is InChI=1S/C23H25ClN2O5/c1-5-14(2)25(22(28)15-6-11-19(30-3)20(12-15)31-4)18-13-21(27)26(23(18)29)17-9-7-16(24)8-10-17/h6-12,14,18H,5,13H2,1-4H3. The topological polar surface area (TPSA) is 76.2 Å². The maximum Gasteiger partial charge on any atom is 0.257 e. The number of halogens is 1. The number of benzene rings is 2. The molecule has 0 saturated carbocycles. The first-order chi connectivity index (χ1) is 14.8. The van der Waals surface area contributed by atoms with Crippen LogP contribution in [-0.4, -0.2) is 48.9 Å². The molecule has 164 valence electrons. The van der Waals surface area contributed by atoms with Gasteiger partial charge in [0.1, 0.15) is 6.04 Å². The van der Waals surface area contributed by atoms with E-state index in [1.54, 1.807) is 42.5 Å².